The monoisotopic (exact) mass is 293 g/mol. The molecule has 1 aliphatic heterocycles. The SMILES string of the molecule is CCSC1CCC(NCc2cccc3c2OCCO3)C1. The Hall–Kier alpha value is -0.870. The van der Waals surface area contributed by atoms with E-state index >= 15 is 0 Å². The van der Waals surface area contributed by atoms with Crippen LogP contribution in [0.1, 0.15) is 31.7 Å². The summed E-state index contributed by atoms with van der Waals surface area (Å²) in [7, 11) is 0. The van der Waals surface area contributed by atoms with Crippen molar-refractivity contribution in [2.45, 2.75) is 44.0 Å². The van der Waals surface area contributed by atoms with E-state index in [0.717, 1.165) is 23.3 Å². The lowest BCUT2D eigenvalue weighted by Gasteiger charge is -2.22. The molecule has 20 heavy (non-hydrogen) atoms. The number of rotatable bonds is 5. The number of para-hydroxylation sites is 1. The van der Waals surface area contributed by atoms with Gasteiger partial charge in [0.25, 0.3) is 0 Å². The lowest BCUT2D eigenvalue weighted by Crippen LogP contribution is -2.27. The van der Waals surface area contributed by atoms with Crippen molar-refractivity contribution in [2.24, 2.45) is 0 Å². The first kappa shape index (κ1) is 14.1. The third-order valence-electron chi connectivity index (χ3n) is 4.02. The normalized spacial score (nSPS) is 24.9. The Morgan fingerprint density at radius 3 is 3.05 bits per heavy atom. The van der Waals surface area contributed by atoms with Gasteiger partial charge in [-0.1, -0.05) is 19.1 Å². The first-order valence-corrected chi connectivity index (χ1v) is 8.64. The minimum absolute atomic E-state index is 0.652. The Morgan fingerprint density at radius 1 is 1.25 bits per heavy atom. The molecular weight excluding hydrogens is 270 g/mol. The maximum Gasteiger partial charge on any atom is 0.165 e. The summed E-state index contributed by atoms with van der Waals surface area (Å²) >= 11 is 2.10. The van der Waals surface area contributed by atoms with Crippen LogP contribution >= 0.6 is 11.8 Å². The molecule has 3 rings (SSSR count). The Bertz CT molecular complexity index is 452. The van der Waals surface area contributed by atoms with Gasteiger partial charge in [0.1, 0.15) is 13.2 Å². The topological polar surface area (TPSA) is 30.5 Å². The van der Waals surface area contributed by atoms with Crippen LogP contribution in [-0.4, -0.2) is 30.3 Å². The Labute approximate surface area is 125 Å². The second-order valence-corrected chi connectivity index (χ2v) is 6.99. The first-order chi connectivity index (χ1) is 9.86. The molecule has 0 aromatic heterocycles. The molecule has 110 valence electrons. The van der Waals surface area contributed by atoms with Crippen molar-refractivity contribution in [1.29, 1.82) is 0 Å². The standard InChI is InChI=1S/C16H23NO2S/c1-2-20-14-7-6-13(10-14)17-11-12-4-3-5-15-16(12)19-9-8-18-15/h3-5,13-14,17H,2,6-11H2,1H3. The minimum Gasteiger partial charge on any atom is -0.486 e. The highest BCUT2D eigenvalue weighted by Crippen LogP contribution is 2.34. The minimum atomic E-state index is 0.652. The highest BCUT2D eigenvalue weighted by Gasteiger charge is 2.24. The molecule has 2 aliphatic rings. The van der Waals surface area contributed by atoms with E-state index in [1.165, 1.54) is 30.6 Å². The van der Waals surface area contributed by atoms with Gasteiger partial charge in [-0.25, -0.2) is 0 Å². The average molecular weight is 293 g/mol. The molecule has 0 radical (unpaired) electrons. The Morgan fingerprint density at radius 2 is 2.15 bits per heavy atom. The molecule has 2 atom stereocenters. The second kappa shape index (κ2) is 6.72. The number of hydrogen-bond donors (Lipinski definition) is 1. The van der Waals surface area contributed by atoms with Crippen molar-refractivity contribution in [2.75, 3.05) is 19.0 Å². The van der Waals surface area contributed by atoms with Gasteiger partial charge < -0.3 is 14.8 Å². The summed E-state index contributed by atoms with van der Waals surface area (Å²) in [6.45, 7) is 4.44. The van der Waals surface area contributed by atoms with Crippen molar-refractivity contribution >= 4 is 11.8 Å². The average Bonchev–Trinajstić information content (AvgIpc) is 2.93. The maximum atomic E-state index is 5.76. The molecule has 3 nitrogen and oxygen atoms in total. The van der Waals surface area contributed by atoms with Gasteiger partial charge >= 0.3 is 0 Å². The summed E-state index contributed by atoms with van der Waals surface area (Å²) in [6.07, 6.45) is 3.94. The molecule has 1 aromatic rings. The van der Waals surface area contributed by atoms with Gasteiger partial charge in [-0.3, -0.25) is 0 Å². The van der Waals surface area contributed by atoms with E-state index < -0.39 is 0 Å². The number of fused-ring (bicyclic) bond motifs is 1. The van der Waals surface area contributed by atoms with Crippen LogP contribution in [0.5, 0.6) is 11.5 Å². The molecule has 1 aliphatic carbocycles. The van der Waals surface area contributed by atoms with Gasteiger partial charge in [-0.2, -0.15) is 11.8 Å². The largest absolute Gasteiger partial charge is 0.486 e. The summed E-state index contributed by atoms with van der Waals surface area (Å²) in [5.41, 5.74) is 1.22. The molecule has 4 heteroatoms. The molecule has 0 saturated heterocycles. The first-order valence-electron chi connectivity index (χ1n) is 7.59. The van der Waals surface area contributed by atoms with Crippen molar-refractivity contribution in [3.05, 3.63) is 23.8 Å². The van der Waals surface area contributed by atoms with Gasteiger partial charge in [0.2, 0.25) is 0 Å². The Kier molecular flexibility index (Phi) is 4.73. The van der Waals surface area contributed by atoms with Crippen molar-refractivity contribution in [1.82, 2.24) is 5.32 Å². The van der Waals surface area contributed by atoms with Crippen LogP contribution in [0.15, 0.2) is 18.2 Å². The van der Waals surface area contributed by atoms with Gasteiger partial charge in [0, 0.05) is 23.4 Å². The second-order valence-electron chi connectivity index (χ2n) is 5.41. The van der Waals surface area contributed by atoms with Crippen LogP contribution in [0.25, 0.3) is 0 Å². The fourth-order valence-corrected chi connectivity index (χ4v) is 4.18. The lowest BCUT2D eigenvalue weighted by molar-refractivity contribution is 0.169. The number of ether oxygens (including phenoxy) is 2. The smallest absolute Gasteiger partial charge is 0.165 e. The number of hydrogen-bond acceptors (Lipinski definition) is 4. The van der Waals surface area contributed by atoms with Gasteiger partial charge in [0.15, 0.2) is 11.5 Å². The summed E-state index contributed by atoms with van der Waals surface area (Å²) in [5.74, 6) is 3.06. The Balaban J connectivity index is 1.57. The van der Waals surface area contributed by atoms with E-state index in [-0.39, 0.29) is 0 Å². The third kappa shape index (κ3) is 3.23. The molecule has 0 bridgehead atoms. The zero-order valence-corrected chi connectivity index (χ0v) is 12.9. The molecule has 0 spiro atoms. The van der Waals surface area contributed by atoms with E-state index in [4.69, 9.17) is 9.47 Å². The third-order valence-corrected chi connectivity index (χ3v) is 5.25. The number of nitrogens with one attached hydrogen (secondary N) is 1. The van der Waals surface area contributed by atoms with Crippen LogP contribution in [0.3, 0.4) is 0 Å². The quantitative estimate of drug-likeness (QED) is 0.903. The zero-order valence-electron chi connectivity index (χ0n) is 12.1. The highest BCUT2D eigenvalue weighted by molar-refractivity contribution is 7.99. The van der Waals surface area contributed by atoms with E-state index in [1.54, 1.807) is 0 Å². The fourth-order valence-electron chi connectivity index (χ4n) is 3.04. The molecule has 1 aromatic carbocycles. The van der Waals surface area contributed by atoms with Crippen LogP contribution < -0.4 is 14.8 Å². The number of thioether (sulfide) groups is 1. The van der Waals surface area contributed by atoms with Gasteiger partial charge in [0.05, 0.1) is 0 Å². The van der Waals surface area contributed by atoms with Gasteiger partial charge in [-0.15, -0.1) is 0 Å². The summed E-state index contributed by atoms with van der Waals surface area (Å²) in [4.78, 5) is 0. The van der Waals surface area contributed by atoms with E-state index in [9.17, 15) is 0 Å². The van der Waals surface area contributed by atoms with E-state index in [0.29, 0.717) is 19.3 Å². The molecule has 1 fully saturated rings. The lowest BCUT2D eigenvalue weighted by atomic mass is 10.1. The summed E-state index contributed by atoms with van der Waals surface area (Å²) in [5, 5.41) is 4.54. The van der Waals surface area contributed by atoms with Crippen molar-refractivity contribution < 1.29 is 9.47 Å². The highest BCUT2D eigenvalue weighted by atomic mass is 32.2. The van der Waals surface area contributed by atoms with E-state index in [2.05, 4.69) is 36.1 Å². The fraction of sp³-hybridized carbons (Fsp3) is 0.625. The molecule has 2 unspecified atom stereocenters. The molecule has 0 amide bonds. The molecular formula is C16H23NO2S. The summed E-state index contributed by atoms with van der Waals surface area (Å²) in [6, 6.07) is 6.82. The predicted octanol–water partition coefficient (Wildman–Crippen LogP) is 3.22. The van der Waals surface area contributed by atoms with Crippen LogP contribution in [0.2, 0.25) is 0 Å². The molecule has 1 saturated carbocycles. The van der Waals surface area contributed by atoms with Crippen LogP contribution in [0.4, 0.5) is 0 Å². The zero-order chi connectivity index (χ0) is 13.8. The number of benzene rings is 1. The van der Waals surface area contributed by atoms with E-state index in [1.807, 2.05) is 6.07 Å². The van der Waals surface area contributed by atoms with Crippen LogP contribution in [-0.2, 0) is 6.54 Å². The predicted molar refractivity (Wildman–Crippen MR) is 83.8 cm³/mol. The molecule has 1 N–H and O–H groups in total. The maximum absolute atomic E-state index is 5.76. The van der Waals surface area contributed by atoms with Crippen LogP contribution in [0, 0.1) is 0 Å². The van der Waals surface area contributed by atoms with Crippen molar-refractivity contribution in [3.8, 4) is 11.5 Å². The van der Waals surface area contributed by atoms with Gasteiger partial charge in [-0.05, 0) is 31.1 Å². The molecule has 1 heterocycles. The summed E-state index contributed by atoms with van der Waals surface area (Å²) < 4.78 is 11.4. The van der Waals surface area contributed by atoms with Crippen molar-refractivity contribution in [3.63, 3.8) is 0 Å².